The fourth-order valence-corrected chi connectivity index (χ4v) is 2.48. The van der Waals surface area contributed by atoms with Gasteiger partial charge in [0.2, 0.25) is 0 Å². The van der Waals surface area contributed by atoms with Crippen molar-refractivity contribution < 1.29 is 14.7 Å². The number of para-hydroxylation sites is 1. The Bertz CT molecular complexity index is 501. The highest BCUT2D eigenvalue weighted by Crippen LogP contribution is 2.28. The van der Waals surface area contributed by atoms with Crippen LogP contribution in [0.5, 0.6) is 0 Å². The number of fused-ring (bicyclic) bond motifs is 1. The lowest BCUT2D eigenvalue weighted by atomic mass is 10.1. The number of nitrogens with zero attached hydrogens (tertiary/aromatic N) is 2. The molecule has 88 valence electrons. The second-order valence-electron chi connectivity index (χ2n) is 3.58. The van der Waals surface area contributed by atoms with Crippen LogP contribution in [0.1, 0.15) is 12.0 Å². The maximum atomic E-state index is 11.7. The van der Waals surface area contributed by atoms with Gasteiger partial charge in [0.15, 0.2) is 0 Å². The van der Waals surface area contributed by atoms with Crippen LogP contribution in [0, 0.1) is 0 Å². The van der Waals surface area contributed by atoms with Crippen molar-refractivity contribution in [2.75, 3.05) is 3.11 Å². The minimum atomic E-state index is -1.01. The molecule has 1 amide bonds. The summed E-state index contributed by atoms with van der Waals surface area (Å²) in [7, 11) is 0. The SMILES string of the molecule is O=C(O)CC1C(=O)N=Cc2ccccc2N1I. The summed E-state index contributed by atoms with van der Waals surface area (Å²) < 4.78 is 1.64. The first-order chi connectivity index (χ1) is 8.09. The number of carbonyl (C=O) groups is 2. The fourth-order valence-electron chi connectivity index (χ4n) is 1.61. The van der Waals surface area contributed by atoms with Gasteiger partial charge >= 0.3 is 5.97 Å². The number of carboxylic acids is 1. The molecule has 0 fully saturated rings. The van der Waals surface area contributed by atoms with Crippen molar-refractivity contribution in [2.45, 2.75) is 12.5 Å². The van der Waals surface area contributed by atoms with Gasteiger partial charge < -0.3 is 8.22 Å². The van der Waals surface area contributed by atoms with Crippen LogP contribution >= 0.6 is 22.9 Å². The molecule has 0 aromatic heterocycles. The first-order valence-corrected chi connectivity index (χ1v) is 5.90. The minimum Gasteiger partial charge on any atom is -0.481 e. The third-order valence-corrected chi connectivity index (χ3v) is 3.62. The average molecular weight is 344 g/mol. The Hall–Kier alpha value is -1.44. The van der Waals surface area contributed by atoms with Crippen molar-refractivity contribution in [3.63, 3.8) is 0 Å². The quantitative estimate of drug-likeness (QED) is 0.654. The normalized spacial score (nSPS) is 18.8. The Morgan fingerprint density at radius 2 is 2.18 bits per heavy atom. The van der Waals surface area contributed by atoms with E-state index in [1.807, 2.05) is 47.1 Å². The zero-order chi connectivity index (χ0) is 12.4. The molecule has 0 spiro atoms. The lowest BCUT2D eigenvalue weighted by molar-refractivity contribution is -0.138. The highest BCUT2D eigenvalue weighted by atomic mass is 127. The zero-order valence-corrected chi connectivity index (χ0v) is 10.9. The number of benzene rings is 1. The Labute approximate surface area is 112 Å². The van der Waals surface area contributed by atoms with E-state index in [1.54, 1.807) is 3.11 Å². The first-order valence-electron chi connectivity index (χ1n) is 4.93. The molecular weight excluding hydrogens is 335 g/mol. The number of hydrogen-bond donors (Lipinski definition) is 1. The first kappa shape index (κ1) is 12.0. The van der Waals surface area contributed by atoms with Gasteiger partial charge in [-0.2, -0.15) is 0 Å². The highest BCUT2D eigenvalue weighted by Gasteiger charge is 2.29. The van der Waals surface area contributed by atoms with E-state index in [9.17, 15) is 9.59 Å². The molecule has 5 nitrogen and oxygen atoms in total. The van der Waals surface area contributed by atoms with Crippen molar-refractivity contribution in [3.8, 4) is 0 Å². The van der Waals surface area contributed by atoms with Gasteiger partial charge in [-0.1, -0.05) is 18.2 Å². The number of carboxylic acid groups (broad SMARTS) is 1. The van der Waals surface area contributed by atoms with E-state index in [0.29, 0.717) is 0 Å². The molecule has 1 atom stereocenters. The molecule has 1 aromatic carbocycles. The molecule has 1 heterocycles. The molecule has 0 saturated heterocycles. The number of aliphatic imine (C=N–C) groups is 1. The molecule has 1 aromatic rings. The third kappa shape index (κ3) is 2.46. The van der Waals surface area contributed by atoms with E-state index in [4.69, 9.17) is 5.11 Å². The summed E-state index contributed by atoms with van der Waals surface area (Å²) in [5, 5.41) is 8.81. The molecule has 1 aliphatic heterocycles. The summed E-state index contributed by atoms with van der Waals surface area (Å²) in [6.07, 6.45) is 1.22. The predicted molar refractivity (Wildman–Crippen MR) is 71.6 cm³/mol. The minimum absolute atomic E-state index is 0.257. The molecular formula is C11H9IN2O3. The number of carbonyl (C=O) groups excluding carboxylic acids is 1. The smallest absolute Gasteiger partial charge is 0.306 e. The van der Waals surface area contributed by atoms with Gasteiger partial charge in [0, 0.05) is 11.8 Å². The van der Waals surface area contributed by atoms with E-state index in [1.165, 1.54) is 6.21 Å². The van der Waals surface area contributed by atoms with Crippen LogP contribution in [0.3, 0.4) is 0 Å². The highest BCUT2D eigenvalue weighted by molar-refractivity contribution is 14.1. The molecule has 17 heavy (non-hydrogen) atoms. The van der Waals surface area contributed by atoms with Gasteiger partial charge in [0.1, 0.15) is 6.04 Å². The Morgan fingerprint density at radius 3 is 2.88 bits per heavy atom. The summed E-state index contributed by atoms with van der Waals surface area (Å²) in [5.74, 6) is -1.45. The molecule has 0 bridgehead atoms. The van der Waals surface area contributed by atoms with Gasteiger partial charge in [-0.15, -0.1) is 0 Å². The summed E-state index contributed by atoms with van der Waals surface area (Å²) in [6, 6.07) is 6.60. The Balaban J connectivity index is 2.42. The largest absolute Gasteiger partial charge is 0.481 e. The van der Waals surface area contributed by atoms with Crippen LogP contribution in [0.25, 0.3) is 0 Å². The van der Waals surface area contributed by atoms with Crippen molar-refractivity contribution in [2.24, 2.45) is 4.99 Å². The van der Waals surface area contributed by atoms with E-state index in [2.05, 4.69) is 4.99 Å². The Morgan fingerprint density at radius 1 is 1.47 bits per heavy atom. The predicted octanol–water partition coefficient (Wildman–Crippen LogP) is 1.65. The summed E-state index contributed by atoms with van der Waals surface area (Å²) in [5.41, 5.74) is 1.61. The van der Waals surface area contributed by atoms with Gasteiger partial charge in [0.25, 0.3) is 5.91 Å². The molecule has 1 N–H and O–H groups in total. The average Bonchev–Trinajstić information content (AvgIpc) is 2.42. The zero-order valence-electron chi connectivity index (χ0n) is 8.71. The number of hydrogen-bond acceptors (Lipinski definition) is 3. The standard InChI is InChI=1S/C11H9IN2O3/c12-14-8-4-2-1-3-7(8)6-13-11(17)9(14)5-10(15)16/h1-4,6,9H,5H2,(H,15,16). The Kier molecular flexibility index (Phi) is 3.41. The molecule has 0 saturated carbocycles. The van der Waals surface area contributed by atoms with Gasteiger partial charge in [0.05, 0.1) is 35.0 Å². The van der Waals surface area contributed by atoms with Crippen LogP contribution in [0.2, 0.25) is 0 Å². The number of benzodiazepines with no additional fused rings is 1. The lowest BCUT2D eigenvalue weighted by Crippen LogP contribution is -2.35. The van der Waals surface area contributed by atoms with Crippen LogP contribution in [0.15, 0.2) is 29.3 Å². The monoisotopic (exact) mass is 344 g/mol. The molecule has 0 aliphatic carbocycles. The second-order valence-corrected chi connectivity index (χ2v) is 4.62. The van der Waals surface area contributed by atoms with Crippen LogP contribution < -0.4 is 3.11 Å². The molecule has 2 rings (SSSR count). The van der Waals surface area contributed by atoms with E-state index in [0.717, 1.165) is 11.3 Å². The number of aliphatic carboxylic acids is 1. The topological polar surface area (TPSA) is 70.0 Å². The van der Waals surface area contributed by atoms with Crippen molar-refractivity contribution in [1.82, 2.24) is 0 Å². The molecule has 1 aliphatic rings. The lowest BCUT2D eigenvalue weighted by Gasteiger charge is -2.23. The number of halogens is 1. The third-order valence-electron chi connectivity index (χ3n) is 2.42. The van der Waals surface area contributed by atoms with Crippen LogP contribution in [0.4, 0.5) is 5.69 Å². The summed E-state index contributed by atoms with van der Waals surface area (Å²) >= 11 is 1.95. The number of anilines is 1. The van der Waals surface area contributed by atoms with Crippen LogP contribution in [-0.2, 0) is 9.59 Å². The van der Waals surface area contributed by atoms with E-state index in [-0.39, 0.29) is 6.42 Å². The van der Waals surface area contributed by atoms with Gasteiger partial charge in [-0.3, -0.25) is 9.59 Å². The maximum absolute atomic E-state index is 11.7. The number of amides is 1. The van der Waals surface area contributed by atoms with Gasteiger partial charge in [-0.05, 0) is 6.07 Å². The van der Waals surface area contributed by atoms with E-state index < -0.39 is 17.9 Å². The second kappa shape index (κ2) is 4.82. The molecule has 1 unspecified atom stereocenters. The summed E-state index contributed by atoms with van der Waals surface area (Å²) in [6.45, 7) is 0. The van der Waals surface area contributed by atoms with Crippen LogP contribution in [-0.4, -0.2) is 29.2 Å². The van der Waals surface area contributed by atoms with E-state index >= 15 is 0 Å². The maximum Gasteiger partial charge on any atom is 0.306 e. The fraction of sp³-hybridized carbons (Fsp3) is 0.182. The van der Waals surface area contributed by atoms with Crippen molar-refractivity contribution >= 4 is 46.6 Å². The van der Waals surface area contributed by atoms with Crippen molar-refractivity contribution in [3.05, 3.63) is 29.8 Å². The number of rotatable bonds is 2. The molecule has 0 radical (unpaired) electrons. The van der Waals surface area contributed by atoms with Crippen molar-refractivity contribution in [1.29, 1.82) is 0 Å². The van der Waals surface area contributed by atoms with Gasteiger partial charge in [-0.25, -0.2) is 4.99 Å². The summed E-state index contributed by atoms with van der Waals surface area (Å²) in [4.78, 5) is 26.2. The molecule has 6 heteroatoms.